The van der Waals surface area contributed by atoms with E-state index in [1.165, 1.54) is 17.8 Å². The van der Waals surface area contributed by atoms with Gasteiger partial charge in [0.1, 0.15) is 17.8 Å². The number of benzene rings is 2. The minimum absolute atomic E-state index is 0.0168. The molecule has 2 aromatic rings. The Balaban J connectivity index is 2.25. The number of sulfone groups is 1. The molecule has 2 aromatic carbocycles. The molecule has 10 heteroatoms. The highest BCUT2D eigenvalue weighted by molar-refractivity contribution is 7.98. The third-order valence-electron chi connectivity index (χ3n) is 6.86. The largest absolute Gasteiger partial charge is 0.497 e. The summed E-state index contributed by atoms with van der Waals surface area (Å²) in [6, 6.07) is 10.7. The van der Waals surface area contributed by atoms with Gasteiger partial charge in [-0.1, -0.05) is 39.5 Å². The average Bonchev–Trinajstić information content (AvgIpc) is 3.00. The van der Waals surface area contributed by atoms with Gasteiger partial charge in [-0.2, -0.15) is 4.39 Å². The molecule has 0 amide bonds. The van der Waals surface area contributed by atoms with Gasteiger partial charge >= 0.3 is 5.97 Å². The molecule has 1 N–H and O–H groups in total. The van der Waals surface area contributed by atoms with Crippen molar-refractivity contribution < 1.29 is 32.2 Å². The van der Waals surface area contributed by atoms with Crippen molar-refractivity contribution in [2.75, 3.05) is 30.6 Å². The summed E-state index contributed by atoms with van der Waals surface area (Å²) in [6.07, 6.45) is 7.57. The van der Waals surface area contributed by atoms with Crippen LogP contribution in [0.1, 0.15) is 52.4 Å². The number of methoxy groups -OCH3 is 1. The number of halogens is 1. The summed E-state index contributed by atoms with van der Waals surface area (Å²) in [5.41, 5.74) is 0.878. The van der Waals surface area contributed by atoms with E-state index in [4.69, 9.17) is 14.6 Å². The lowest BCUT2D eigenvalue weighted by atomic mass is 9.79. The molecular weight excluding hydrogens is 529 g/mol. The van der Waals surface area contributed by atoms with Crippen molar-refractivity contribution in [2.45, 2.75) is 62.2 Å². The number of aliphatic carboxylic acids is 1. The second kappa shape index (κ2) is 12.9. The number of unbranched alkanes of at least 4 members (excludes halogenated alkanes) is 2. The Morgan fingerprint density at radius 3 is 2.32 bits per heavy atom. The van der Waals surface area contributed by atoms with E-state index in [9.17, 15) is 17.6 Å². The number of carboxylic acids is 1. The maximum absolute atomic E-state index is 14.0. The Morgan fingerprint density at radius 2 is 1.79 bits per heavy atom. The van der Waals surface area contributed by atoms with Crippen molar-refractivity contribution in [3.63, 3.8) is 0 Å². The minimum Gasteiger partial charge on any atom is -0.497 e. The Morgan fingerprint density at radius 1 is 1.16 bits per heavy atom. The van der Waals surface area contributed by atoms with Crippen LogP contribution in [0, 0.1) is 5.41 Å². The number of thioether (sulfide) groups is 1. The van der Waals surface area contributed by atoms with Crippen LogP contribution in [0.5, 0.6) is 11.5 Å². The lowest BCUT2D eigenvalue weighted by molar-refractivity contribution is -0.134. The summed E-state index contributed by atoms with van der Waals surface area (Å²) < 4.78 is 52.4. The summed E-state index contributed by atoms with van der Waals surface area (Å²) in [5, 5.41) is 8.86. The van der Waals surface area contributed by atoms with Crippen molar-refractivity contribution in [1.29, 1.82) is 0 Å². The molecule has 38 heavy (non-hydrogen) atoms. The third-order valence-corrected chi connectivity index (χ3v) is 9.61. The zero-order valence-corrected chi connectivity index (χ0v) is 24.0. The lowest BCUT2D eigenvalue weighted by Gasteiger charge is -2.37. The van der Waals surface area contributed by atoms with E-state index in [-0.39, 0.29) is 16.4 Å². The van der Waals surface area contributed by atoms with Gasteiger partial charge < -0.3 is 19.5 Å². The monoisotopic (exact) mass is 565 g/mol. The zero-order chi connectivity index (χ0) is 27.9. The van der Waals surface area contributed by atoms with Gasteiger partial charge in [0, 0.05) is 23.7 Å². The number of rotatable bonds is 12. The van der Waals surface area contributed by atoms with Crippen LogP contribution >= 0.6 is 11.8 Å². The van der Waals surface area contributed by atoms with Gasteiger partial charge in [-0.15, -0.1) is 11.8 Å². The zero-order valence-electron chi connectivity index (χ0n) is 22.3. The van der Waals surface area contributed by atoms with Crippen LogP contribution in [-0.2, 0) is 14.6 Å². The van der Waals surface area contributed by atoms with Gasteiger partial charge in [0.25, 0.3) is 0 Å². The van der Waals surface area contributed by atoms with E-state index in [1.54, 1.807) is 19.4 Å². The molecule has 0 spiro atoms. The molecule has 0 aliphatic carbocycles. The second-order valence-corrected chi connectivity index (χ2v) is 12.4. The molecule has 1 aliphatic rings. The van der Waals surface area contributed by atoms with Gasteiger partial charge in [-0.25, -0.2) is 13.2 Å². The topological polar surface area (TPSA) is 93.1 Å². The van der Waals surface area contributed by atoms with E-state index in [1.807, 2.05) is 24.3 Å². The highest BCUT2D eigenvalue weighted by Crippen LogP contribution is 2.48. The van der Waals surface area contributed by atoms with Gasteiger partial charge in [0.05, 0.1) is 28.3 Å². The lowest BCUT2D eigenvalue weighted by Crippen LogP contribution is -2.38. The van der Waals surface area contributed by atoms with Crippen LogP contribution < -0.4 is 14.4 Å². The molecule has 0 aromatic heterocycles. The number of hydrogen-bond acceptors (Lipinski definition) is 7. The molecule has 1 heterocycles. The molecule has 0 radical (unpaired) electrons. The second-order valence-electron chi connectivity index (χ2n) is 9.61. The fourth-order valence-electron chi connectivity index (χ4n) is 4.88. The molecule has 0 saturated heterocycles. The summed E-state index contributed by atoms with van der Waals surface area (Å²) in [5.74, 6) is -2.48. The minimum atomic E-state index is -3.79. The molecule has 0 fully saturated rings. The van der Waals surface area contributed by atoms with Crippen molar-refractivity contribution in [1.82, 2.24) is 0 Å². The molecule has 0 atom stereocenters. The first-order chi connectivity index (χ1) is 18.1. The summed E-state index contributed by atoms with van der Waals surface area (Å²) in [7, 11) is -2.19. The molecular formula is C28H36FNO6S2. The van der Waals surface area contributed by atoms with Crippen LogP contribution in [0.3, 0.4) is 0 Å². The predicted octanol–water partition coefficient (Wildman–Crippen LogP) is 6.98. The van der Waals surface area contributed by atoms with Crippen molar-refractivity contribution in [3.05, 3.63) is 48.5 Å². The number of ether oxygens (including phenoxy) is 2. The third kappa shape index (κ3) is 6.83. The average molecular weight is 566 g/mol. The Kier molecular flexibility index (Phi) is 10.1. The molecule has 1 aliphatic heterocycles. The Bertz CT molecular complexity index is 1250. The number of carbonyl (C=O) groups is 1. The standard InChI is InChI=1S/C28H36FNO6S2/c1-5-7-13-28(14-8-6-2)18-30(20-9-11-21(35-3)12-10-20)23-15-25(37-4)24(36-17-22(29)27(31)32)16-26(23)38(33,34)19-28/h9-12,15-17H,5-8,13-14,18-19H2,1-4H3,(H,31,32). The summed E-state index contributed by atoms with van der Waals surface area (Å²) >= 11 is 1.30. The first kappa shape index (κ1) is 29.8. The number of nitrogens with zero attached hydrogens (tertiary/aromatic N) is 1. The highest BCUT2D eigenvalue weighted by atomic mass is 32.2. The highest BCUT2D eigenvalue weighted by Gasteiger charge is 2.42. The number of carboxylic acid groups (broad SMARTS) is 1. The predicted molar refractivity (Wildman–Crippen MR) is 149 cm³/mol. The normalized spacial score (nSPS) is 16.4. The van der Waals surface area contributed by atoms with Crippen LogP contribution in [0.15, 0.2) is 58.3 Å². The van der Waals surface area contributed by atoms with Crippen molar-refractivity contribution in [3.8, 4) is 11.5 Å². The van der Waals surface area contributed by atoms with E-state index >= 15 is 0 Å². The van der Waals surface area contributed by atoms with Crippen LogP contribution in [0.2, 0.25) is 0 Å². The van der Waals surface area contributed by atoms with Gasteiger partial charge in [0.2, 0.25) is 5.83 Å². The van der Waals surface area contributed by atoms with Crippen molar-refractivity contribution in [2.24, 2.45) is 5.41 Å². The van der Waals surface area contributed by atoms with Crippen molar-refractivity contribution >= 4 is 38.9 Å². The number of anilines is 2. The molecule has 0 unspecified atom stereocenters. The van der Waals surface area contributed by atoms with Gasteiger partial charge in [0.15, 0.2) is 9.84 Å². The van der Waals surface area contributed by atoms with E-state index in [0.717, 1.165) is 44.2 Å². The number of hydrogen-bond donors (Lipinski definition) is 1. The van der Waals surface area contributed by atoms with E-state index in [2.05, 4.69) is 18.7 Å². The van der Waals surface area contributed by atoms with Gasteiger partial charge in [-0.05, 0) is 49.4 Å². The summed E-state index contributed by atoms with van der Waals surface area (Å²) in [4.78, 5) is 13.6. The van der Waals surface area contributed by atoms with Crippen LogP contribution in [0.4, 0.5) is 15.8 Å². The van der Waals surface area contributed by atoms with Crippen LogP contribution in [-0.4, -0.2) is 45.2 Å². The smallest absolute Gasteiger partial charge is 0.368 e. The number of fused-ring (bicyclic) bond motifs is 1. The van der Waals surface area contributed by atoms with E-state index < -0.39 is 27.0 Å². The Labute approximate surface area is 228 Å². The molecule has 7 nitrogen and oxygen atoms in total. The molecule has 208 valence electrons. The van der Waals surface area contributed by atoms with E-state index in [0.29, 0.717) is 29.1 Å². The first-order valence-electron chi connectivity index (χ1n) is 12.7. The quantitative estimate of drug-likeness (QED) is 0.167. The summed E-state index contributed by atoms with van der Waals surface area (Å²) in [6.45, 7) is 4.73. The molecule has 0 bridgehead atoms. The van der Waals surface area contributed by atoms with Crippen LogP contribution in [0.25, 0.3) is 0 Å². The molecule has 3 rings (SSSR count). The SMILES string of the molecule is CCCCC1(CCCC)CN(c2ccc(OC)cc2)c2cc(SC)c(OC=C(F)C(=O)O)cc2S(=O)(=O)C1. The fraction of sp³-hybridized carbons (Fsp3) is 0.464. The fourth-order valence-corrected chi connectivity index (χ4v) is 7.53. The Hall–Kier alpha value is -2.72. The molecule has 0 saturated carbocycles. The maximum atomic E-state index is 14.0. The first-order valence-corrected chi connectivity index (χ1v) is 15.6. The maximum Gasteiger partial charge on any atom is 0.368 e. The van der Waals surface area contributed by atoms with Gasteiger partial charge in [-0.3, -0.25) is 0 Å².